The second-order valence-corrected chi connectivity index (χ2v) is 10.2. The summed E-state index contributed by atoms with van der Waals surface area (Å²) in [4.78, 5) is 26.1. The molecule has 1 unspecified atom stereocenters. The monoisotopic (exact) mass is 479 g/mol. The first kappa shape index (κ1) is 26.7. The van der Waals surface area contributed by atoms with Gasteiger partial charge in [-0.25, -0.2) is 8.42 Å². The van der Waals surface area contributed by atoms with Crippen LogP contribution in [0.2, 0.25) is 10.0 Å². The predicted molar refractivity (Wildman–Crippen MR) is 120 cm³/mol. The molecule has 1 rings (SSSR count). The van der Waals surface area contributed by atoms with Gasteiger partial charge in [-0.1, -0.05) is 62.7 Å². The van der Waals surface area contributed by atoms with Gasteiger partial charge in [0.2, 0.25) is 5.91 Å². The number of carboxylic acid groups (broad SMARTS) is 1. The molecule has 30 heavy (non-hydrogen) atoms. The van der Waals surface area contributed by atoms with Crippen molar-refractivity contribution in [2.75, 3.05) is 18.8 Å². The number of rotatable bonds is 14. The fourth-order valence-corrected chi connectivity index (χ4v) is 5.07. The maximum atomic E-state index is 13.1. The molecule has 6 nitrogen and oxygen atoms in total. The fraction of sp³-hybridized carbons (Fsp3) is 0.619. The normalized spacial score (nSPS) is 12.5. The van der Waals surface area contributed by atoms with Gasteiger partial charge in [0.25, 0.3) is 0 Å². The number of sulfone groups is 1. The Bertz CT molecular complexity index is 804. The number of nitrogens with zero attached hydrogens (tertiary/aromatic N) is 1. The van der Waals surface area contributed by atoms with Crippen molar-refractivity contribution in [1.82, 2.24) is 4.90 Å². The van der Waals surface area contributed by atoms with Gasteiger partial charge >= 0.3 is 5.97 Å². The molecule has 0 aliphatic heterocycles. The number of carbonyl (C=O) groups is 2. The lowest BCUT2D eigenvalue weighted by Gasteiger charge is -2.27. The molecule has 0 aromatic heterocycles. The third kappa shape index (κ3) is 8.82. The smallest absolute Gasteiger partial charge is 0.304 e. The van der Waals surface area contributed by atoms with E-state index in [1.165, 1.54) is 18.2 Å². The lowest BCUT2D eigenvalue weighted by molar-refractivity contribution is -0.144. The number of benzene rings is 1. The van der Waals surface area contributed by atoms with Crippen LogP contribution in [0.3, 0.4) is 0 Å². The first-order valence-corrected chi connectivity index (χ1v) is 12.7. The molecule has 0 radical (unpaired) electrons. The zero-order valence-corrected chi connectivity index (χ0v) is 19.9. The fourth-order valence-electron chi connectivity index (χ4n) is 3.16. The molecule has 0 saturated carbocycles. The minimum atomic E-state index is -3.93. The number of aliphatic carboxylic acids is 1. The average Bonchev–Trinajstić information content (AvgIpc) is 2.67. The highest BCUT2D eigenvalue weighted by Gasteiger charge is 2.32. The third-order valence-electron chi connectivity index (χ3n) is 4.82. The molecule has 1 N–H and O–H groups in total. The van der Waals surface area contributed by atoms with Gasteiger partial charge in [0.15, 0.2) is 9.84 Å². The van der Waals surface area contributed by atoms with Gasteiger partial charge in [-0.05, 0) is 31.0 Å². The summed E-state index contributed by atoms with van der Waals surface area (Å²) in [6.45, 7) is 5.11. The molecule has 9 heteroatoms. The summed E-state index contributed by atoms with van der Waals surface area (Å²) in [5, 5.41) is 9.58. The molecular formula is C21H31Cl2NO5S. The van der Waals surface area contributed by atoms with Crippen molar-refractivity contribution in [3.63, 3.8) is 0 Å². The lowest BCUT2D eigenvalue weighted by Crippen LogP contribution is -2.41. The molecule has 0 spiro atoms. The Morgan fingerprint density at radius 2 is 1.57 bits per heavy atom. The molecular weight excluding hydrogens is 449 g/mol. The van der Waals surface area contributed by atoms with E-state index < -0.39 is 39.8 Å². The molecule has 0 saturated heterocycles. The van der Waals surface area contributed by atoms with E-state index in [-0.39, 0.29) is 14.9 Å². The third-order valence-corrected chi connectivity index (χ3v) is 7.37. The molecule has 1 aromatic rings. The second kappa shape index (κ2) is 13.2. The number of carbonyl (C=O) groups excluding carboxylic acids is 1. The highest BCUT2D eigenvalue weighted by molar-refractivity contribution is 7.91. The van der Waals surface area contributed by atoms with Gasteiger partial charge in [0.05, 0.1) is 33.0 Å². The van der Waals surface area contributed by atoms with Crippen molar-refractivity contribution < 1.29 is 23.1 Å². The van der Waals surface area contributed by atoms with Crippen LogP contribution in [-0.4, -0.2) is 49.1 Å². The largest absolute Gasteiger partial charge is 0.481 e. The molecule has 0 fully saturated rings. The lowest BCUT2D eigenvalue weighted by atomic mass is 10.1. The maximum absolute atomic E-state index is 13.1. The number of hydrogen-bond donors (Lipinski definition) is 1. The van der Waals surface area contributed by atoms with Gasteiger partial charge in [-0.3, -0.25) is 9.59 Å². The molecule has 1 amide bonds. The summed E-state index contributed by atoms with van der Waals surface area (Å²) < 4.78 is 25.7. The summed E-state index contributed by atoms with van der Waals surface area (Å²) in [5.41, 5.74) is 0. The van der Waals surface area contributed by atoms with Gasteiger partial charge in [0, 0.05) is 13.1 Å². The molecule has 0 aliphatic carbocycles. The molecule has 1 aromatic carbocycles. The summed E-state index contributed by atoms with van der Waals surface area (Å²) in [5.74, 6) is -3.38. The minimum Gasteiger partial charge on any atom is -0.481 e. The second-order valence-electron chi connectivity index (χ2n) is 7.39. The molecule has 170 valence electrons. The zero-order chi connectivity index (χ0) is 22.7. The summed E-state index contributed by atoms with van der Waals surface area (Å²) in [7, 11) is -3.93. The Balaban J connectivity index is 3.08. The number of carboxylic acids is 1. The van der Waals surface area contributed by atoms with Crippen LogP contribution in [0.5, 0.6) is 0 Å². The van der Waals surface area contributed by atoms with E-state index in [9.17, 15) is 23.1 Å². The van der Waals surface area contributed by atoms with Crippen molar-refractivity contribution in [3.05, 3.63) is 28.2 Å². The van der Waals surface area contributed by atoms with Gasteiger partial charge < -0.3 is 10.0 Å². The van der Waals surface area contributed by atoms with E-state index in [1.807, 2.05) is 0 Å². The first-order valence-electron chi connectivity index (χ1n) is 10.3. The number of hydrogen-bond acceptors (Lipinski definition) is 4. The molecule has 1 atom stereocenters. The first-order chi connectivity index (χ1) is 14.1. The van der Waals surface area contributed by atoms with Crippen LogP contribution in [0.25, 0.3) is 0 Å². The maximum Gasteiger partial charge on any atom is 0.304 e. The van der Waals surface area contributed by atoms with Crippen molar-refractivity contribution >= 4 is 44.9 Å². The van der Waals surface area contributed by atoms with E-state index in [4.69, 9.17) is 23.2 Å². The van der Waals surface area contributed by atoms with E-state index in [0.29, 0.717) is 13.1 Å². The van der Waals surface area contributed by atoms with Crippen molar-refractivity contribution in [3.8, 4) is 0 Å². The van der Waals surface area contributed by atoms with Gasteiger partial charge in [0.1, 0.15) is 0 Å². The Morgan fingerprint density at radius 3 is 2.03 bits per heavy atom. The standard InChI is InChI=1S/C21H31Cl2NO5S/c1-3-5-7-11-24(12-8-6-4-2)21(27)16(13-20(25)26)15-30(28,29)17-9-10-18(22)19(23)14-17/h9-10,14,16H,3-8,11-13,15H2,1-2H3,(H,25,26). The Labute approximate surface area is 189 Å². The van der Waals surface area contributed by atoms with Crippen molar-refractivity contribution in [2.45, 2.75) is 63.7 Å². The van der Waals surface area contributed by atoms with Crippen molar-refractivity contribution in [1.29, 1.82) is 0 Å². The predicted octanol–water partition coefficient (Wildman–Crippen LogP) is 5.07. The number of halogens is 2. The number of amides is 1. The van der Waals surface area contributed by atoms with Crippen LogP contribution in [0.15, 0.2) is 23.1 Å². The van der Waals surface area contributed by atoms with E-state index in [2.05, 4.69) is 13.8 Å². The molecule has 0 bridgehead atoms. The minimum absolute atomic E-state index is 0.0800. The summed E-state index contributed by atoms with van der Waals surface area (Å²) in [6.07, 6.45) is 4.92. The van der Waals surface area contributed by atoms with E-state index >= 15 is 0 Å². The summed E-state index contributed by atoms with van der Waals surface area (Å²) in [6, 6.07) is 3.90. The topological polar surface area (TPSA) is 91.8 Å². The van der Waals surface area contributed by atoms with E-state index in [0.717, 1.165) is 38.5 Å². The highest BCUT2D eigenvalue weighted by Crippen LogP contribution is 2.27. The molecule has 0 aliphatic rings. The van der Waals surface area contributed by atoms with Gasteiger partial charge in [-0.15, -0.1) is 0 Å². The van der Waals surface area contributed by atoms with Crippen LogP contribution >= 0.6 is 23.2 Å². The van der Waals surface area contributed by atoms with Crippen LogP contribution in [-0.2, 0) is 19.4 Å². The van der Waals surface area contributed by atoms with Crippen LogP contribution in [0.4, 0.5) is 0 Å². The highest BCUT2D eigenvalue weighted by atomic mass is 35.5. The van der Waals surface area contributed by atoms with Crippen LogP contribution in [0.1, 0.15) is 58.8 Å². The van der Waals surface area contributed by atoms with Crippen LogP contribution in [0, 0.1) is 5.92 Å². The quantitative estimate of drug-likeness (QED) is 0.376. The Hall–Kier alpha value is -1.31. The SMILES string of the molecule is CCCCCN(CCCCC)C(=O)C(CC(=O)O)CS(=O)(=O)c1ccc(Cl)c(Cl)c1. The summed E-state index contributed by atoms with van der Waals surface area (Å²) >= 11 is 11.8. The molecule has 0 heterocycles. The zero-order valence-electron chi connectivity index (χ0n) is 17.6. The number of unbranched alkanes of at least 4 members (excludes halogenated alkanes) is 4. The van der Waals surface area contributed by atoms with E-state index in [1.54, 1.807) is 4.90 Å². The average molecular weight is 480 g/mol. The Morgan fingerprint density at radius 1 is 1.00 bits per heavy atom. The van der Waals surface area contributed by atoms with Gasteiger partial charge in [-0.2, -0.15) is 0 Å². The van der Waals surface area contributed by atoms with Crippen LogP contribution < -0.4 is 0 Å². The Kier molecular flexibility index (Phi) is 11.7. The van der Waals surface area contributed by atoms with Crippen molar-refractivity contribution in [2.24, 2.45) is 5.92 Å².